The summed E-state index contributed by atoms with van der Waals surface area (Å²) in [4.78, 5) is 21.6. The molecule has 0 heterocycles. The number of nitriles is 1. The van der Waals surface area contributed by atoms with Gasteiger partial charge in [0.25, 0.3) is 11.4 Å². The molecule has 0 aliphatic heterocycles. The topological polar surface area (TPSA) is 113 Å². The highest BCUT2D eigenvalue weighted by Gasteiger charge is 2.39. The smallest absolute Gasteiger partial charge is 0.359 e. The summed E-state index contributed by atoms with van der Waals surface area (Å²) in [6, 6.07) is 2.37. The van der Waals surface area contributed by atoms with Gasteiger partial charge >= 0.3 is 6.18 Å². The summed E-state index contributed by atoms with van der Waals surface area (Å²) >= 11 is 0. The molecule has 0 amide bonds. The molecule has 1 aromatic carbocycles. The van der Waals surface area contributed by atoms with Crippen molar-refractivity contribution >= 4 is 17.1 Å². The SMILES string of the molecule is CC(C)CN(CCC#N)c1c([N+](=O)[O-])cc(C(F)(F)F)cc1[N+](=O)[O-]. The Morgan fingerprint density at radius 3 is 2.00 bits per heavy atom. The number of nitrogens with zero attached hydrogens (tertiary/aromatic N) is 4. The van der Waals surface area contributed by atoms with Gasteiger partial charge in [-0.3, -0.25) is 20.2 Å². The fourth-order valence-electron chi connectivity index (χ4n) is 2.29. The first-order valence-electron chi connectivity index (χ1n) is 7.15. The van der Waals surface area contributed by atoms with Crippen LogP contribution in [0, 0.1) is 37.5 Å². The van der Waals surface area contributed by atoms with E-state index in [2.05, 4.69) is 0 Å². The molecule has 0 spiro atoms. The fourth-order valence-corrected chi connectivity index (χ4v) is 2.29. The second kappa shape index (κ2) is 7.78. The second-order valence-electron chi connectivity index (χ2n) is 5.62. The quantitative estimate of drug-likeness (QED) is 0.538. The van der Waals surface area contributed by atoms with Crippen LogP contribution >= 0.6 is 0 Å². The van der Waals surface area contributed by atoms with Crippen molar-refractivity contribution in [2.45, 2.75) is 26.4 Å². The summed E-state index contributed by atoms with van der Waals surface area (Å²) in [6.45, 7) is 3.50. The van der Waals surface area contributed by atoms with E-state index in [9.17, 15) is 33.4 Å². The highest BCUT2D eigenvalue weighted by molar-refractivity contribution is 5.76. The van der Waals surface area contributed by atoms with Crippen LogP contribution in [0.15, 0.2) is 12.1 Å². The van der Waals surface area contributed by atoms with Crippen LogP contribution < -0.4 is 4.90 Å². The molecule has 0 saturated carbocycles. The molecule has 1 rings (SSSR count). The summed E-state index contributed by atoms with van der Waals surface area (Å²) in [5, 5.41) is 31.2. The fraction of sp³-hybridized carbons (Fsp3) is 0.500. The lowest BCUT2D eigenvalue weighted by Gasteiger charge is -2.25. The van der Waals surface area contributed by atoms with Crippen LogP contribution in [0.25, 0.3) is 0 Å². The van der Waals surface area contributed by atoms with Gasteiger partial charge in [0.15, 0.2) is 5.69 Å². The van der Waals surface area contributed by atoms with Crippen molar-refractivity contribution in [3.05, 3.63) is 37.9 Å². The lowest BCUT2D eigenvalue weighted by molar-refractivity contribution is -0.393. The molecule has 0 fully saturated rings. The van der Waals surface area contributed by atoms with E-state index in [1.165, 1.54) is 4.90 Å². The average molecular weight is 360 g/mol. The van der Waals surface area contributed by atoms with Crippen LogP contribution in [-0.4, -0.2) is 22.9 Å². The van der Waals surface area contributed by atoms with Crippen molar-refractivity contribution in [3.63, 3.8) is 0 Å². The lowest BCUT2D eigenvalue weighted by atomic mass is 10.1. The molecule has 0 aliphatic rings. The van der Waals surface area contributed by atoms with Crippen molar-refractivity contribution in [1.29, 1.82) is 5.26 Å². The molecule has 0 bridgehead atoms. The first-order valence-corrected chi connectivity index (χ1v) is 7.15. The van der Waals surface area contributed by atoms with E-state index in [4.69, 9.17) is 5.26 Å². The standard InChI is InChI=1S/C14H15F3N4O4/c1-9(2)8-19(5-3-4-18)13-11(20(22)23)6-10(14(15,16)17)7-12(13)21(24)25/h6-7,9H,3,5,8H2,1-2H3. The Bertz CT molecular complexity index is 678. The number of benzene rings is 1. The van der Waals surface area contributed by atoms with E-state index in [1.54, 1.807) is 13.8 Å². The number of halogens is 3. The molecule has 0 atom stereocenters. The van der Waals surface area contributed by atoms with Gasteiger partial charge in [0.1, 0.15) is 0 Å². The maximum absolute atomic E-state index is 12.9. The third kappa shape index (κ3) is 5.03. The van der Waals surface area contributed by atoms with E-state index < -0.39 is 38.6 Å². The Kier molecular flexibility index (Phi) is 6.27. The zero-order valence-corrected chi connectivity index (χ0v) is 13.4. The van der Waals surface area contributed by atoms with Gasteiger partial charge in [0.2, 0.25) is 0 Å². The molecule has 1 aromatic rings. The van der Waals surface area contributed by atoms with E-state index in [1.807, 2.05) is 6.07 Å². The minimum Gasteiger partial charge on any atom is -0.359 e. The molecule has 136 valence electrons. The number of hydrogen-bond acceptors (Lipinski definition) is 6. The summed E-state index contributed by atoms with van der Waals surface area (Å²) in [6.07, 6.45) is -5.06. The zero-order valence-electron chi connectivity index (χ0n) is 13.4. The van der Waals surface area contributed by atoms with Crippen molar-refractivity contribution in [3.8, 4) is 6.07 Å². The van der Waals surface area contributed by atoms with Gasteiger partial charge in [-0.2, -0.15) is 18.4 Å². The van der Waals surface area contributed by atoms with Gasteiger partial charge < -0.3 is 4.90 Å². The van der Waals surface area contributed by atoms with E-state index in [-0.39, 0.29) is 37.6 Å². The maximum atomic E-state index is 12.9. The van der Waals surface area contributed by atoms with Crippen molar-refractivity contribution in [2.75, 3.05) is 18.0 Å². The van der Waals surface area contributed by atoms with Crippen LogP contribution in [0.1, 0.15) is 25.8 Å². The van der Waals surface area contributed by atoms with Crippen molar-refractivity contribution in [2.24, 2.45) is 5.92 Å². The van der Waals surface area contributed by atoms with Crippen LogP contribution in [-0.2, 0) is 6.18 Å². The van der Waals surface area contributed by atoms with E-state index >= 15 is 0 Å². The van der Waals surface area contributed by atoms with Crippen LogP contribution in [0.3, 0.4) is 0 Å². The third-order valence-electron chi connectivity index (χ3n) is 3.19. The molecular formula is C14H15F3N4O4. The number of nitro benzene ring substituents is 2. The monoisotopic (exact) mass is 360 g/mol. The largest absolute Gasteiger partial charge is 0.416 e. The molecule has 0 unspecified atom stereocenters. The predicted molar refractivity (Wildman–Crippen MR) is 82.0 cm³/mol. The number of rotatable bonds is 7. The first-order chi connectivity index (χ1) is 11.5. The number of alkyl halides is 3. The van der Waals surface area contributed by atoms with Crippen LogP contribution in [0.4, 0.5) is 30.2 Å². The molecule has 0 radical (unpaired) electrons. The first kappa shape index (κ1) is 20.1. The lowest BCUT2D eigenvalue weighted by Crippen LogP contribution is -2.30. The highest BCUT2D eigenvalue weighted by Crippen LogP contribution is 2.43. The van der Waals surface area contributed by atoms with E-state index in [0.29, 0.717) is 0 Å². The second-order valence-corrected chi connectivity index (χ2v) is 5.62. The van der Waals surface area contributed by atoms with Crippen molar-refractivity contribution < 1.29 is 23.0 Å². The number of hydrogen-bond donors (Lipinski definition) is 0. The van der Waals surface area contributed by atoms with Gasteiger partial charge in [-0.1, -0.05) is 13.8 Å². The van der Waals surface area contributed by atoms with Crippen LogP contribution in [0.5, 0.6) is 0 Å². The molecule has 25 heavy (non-hydrogen) atoms. The minimum absolute atomic E-state index is 0.0816. The Morgan fingerprint density at radius 1 is 1.20 bits per heavy atom. The highest BCUT2D eigenvalue weighted by atomic mass is 19.4. The van der Waals surface area contributed by atoms with Crippen molar-refractivity contribution in [1.82, 2.24) is 0 Å². The molecule has 0 aliphatic carbocycles. The van der Waals surface area contributed by atoms with Gasteiger partial charge in [0, 0.05) is 25.2 Å². The number of nitro groups is 2. The Labute approximate surface area is 140 Å². The molecular weight excluding hydrogens is 345 g/mol. The molecule has 0 N–H and O–H groups in total. The third-order valence-corrected chi connectivity index (χ3v) is 3.19. The van der Waals surface area contributed by atoms with Gasteiger partial charge in [-0.05, 0) is 5.92 Å². The Morgan fingerprint density at radius 2 is 1.68 bits per heavy atom. The van der Waals surface area contributed by atoms with Gasteiger partial charge in [-0.25, -0.2) is 0 Å². The summed E-state index contributed by atoms with van der Waals surface area (Å²) < 4.78 is 38.8. The van der Waals surface area contributed by atoms with Gasteiger partial charge in [-0.15, -0.1) is 0 Å². The summed E-state index contributed by atoms with van der Waals surface area (Å²) in [7, 11) is 0. The molecule has 0 saturated heterocycles. The van der Waals surface area contributed by atoms with E-state index in [0.717, 1.165) is 0 Å². The van der Waals surface area contributed by atoms with Crippen LogP contribution in [0.2, 0.25) is 0 Å². The number of anilines is 1. The van der Waals surface area contributed by atoms with Gasteiger partial charge in [0.05, 0.1) is 27.9 Å². The summed E-state index contributed by atoms with van der Waals surface area (Å²) in [5.74, 6) is -0.0970. The zero-order chi connectivity index (χ0) is 19.4. The molecule has 8 nitrogen and oxygen atoms in total. The average Bonchev–Trinajstić information content (AvgIpc) is 2.48. The minimum atomic E-state index is -4.97. The molecule has 0 aromatic heterocycles. The molecule has 11 heteroatoms. The normalized spacial score (nSPS) is 11.2. The summed E-state index contributed by atoms with van der Waals surface area (Å²) in [5.41, 5.74) is -4.02. The maximum Gasteiger partial charge on any atom is 0.416 e. The Balaban J connectivity index is 3.71. The Hall–Kier alpha value is -2.90. The predicted octanol–water partition coefficient (Wildman–Crippen LogP) is 3.90.